The SMILES string of the molecule is C=C(Nc1cc2cc(-c3cncc(NC(C)(C)C)n3)ccc2cn1)c1ccnc(N2CCCCC2)c1. The Morgan fingerprint density at radius 2 is 1.72 bits per heavy atom. The van der Waals surface area contributed by atoms with Crippen LogP contribution in [0.25, 0.3) is 27.7 Å². The molecule has 4 aromatic rings. The van der Waals surface area contributed by atoms with Crippen molar-refractivity contribution >= 4 is 33.9 Å². The molecule has 184 valence electrons. The molecule has 0 bridgehead atoms. The van der Waals surface area contributed by atoms with Crippen LogP contribution in [-0.4, -0.2) is 38.6 Å². The summed E-state index contributed by atoms with van der Waals surface area (Å²) in [6, 6.07) is 12.4. The Morgan fingerprint density at radius 3 is 2.53 bits per heavy atom. The maximum atomic E-state index is 4.76. The van der Waals surface area contributed by atoms with Gasteiger partial charge in [0, 0.05) is 53.2 Å². The zero-order chi connectivity index (χ0) is 25.1. The van der Waals surface area contributed by atoms with Crippen LogP contribution in [0.4, 0.5) is 17.5 Å². The molecule has 0 atom stereocenters. The molecule has 0 spiro atoms. The van der Waals surface area contributed by atoms with Crippen LogP contribution in [0.1, 0.15) is 45.6 Å². The highest BCUT2D eigenvalue weighted by Gasteiger charge is 2.14. The highest BCUT2D eigenvalue weighted by molar-refractivity contribution is 5.89. The summed E-state index contributed by atoms with van der Waals surface area (Å²) in [5, 5.41) is 8.90. The highest BCUT2D eigenvalue weighted by Crippen LogP contribution is 2.27. The predicted molar refractivity (Wildman–Crippen MR) is 149 cm³/mol. The average Bonchev–Trinajstić information content (AvgIpc) is 2.88. The van der Waals surface area contributed by atoms with E-state index >= 15 is 0 Å². The average molecular weight is 480 g/mol. The minimum atomic E-state index is -0.0886. The third-order valence-corrected chi connectivity index (χ3v) is 6.21. The van der Waals surface area contributed by atoms with Crippen LogP contribution in [0.15, 0.2) is 67.8 Å². The number of nitrogens with one attached hydrogen (secondary N) is 2. The van der Waals surface area contributed by atoms with Crippen LogP contribution in [0.3, 0.4) is 0 Å². The van der Waals surface area contributed by atoms with Crippen molar-refractivity contribution < 1.29 is 0 Å². The molecule has 7 heteroatoms. The van der Waals surface area contributed by atoms with Gasteiger partial charge < -0.3 is 15.5 Å². The summed E-state index contributed by atoms with van der Waals surface area (Å²) < 4.78 is 0. The smallest absolute Gasteiger partial charge is 0.145 e. The van der Waals surface area contributed by atoms with Gasteiger partial charge in [-0.25, -0.2) is 15.0 Å². The molecule has 2 N–H and O–H groups in total. The van der Waals surface area contributed by atoms with E-state index in [9.17, 15) is 0 Å². The summed E-state index contributed by atoms with van der Waals surface area (Å²) >= 11 is 0. The molecule has 0 saturated carbocycles. The summed E-state index contributed by atoms with van der Waals surface area (Å²) in [5.74, 6) is 2.51. The van der Waals surface area contributed by atoms with Crippen molar-refractivity contribution in [3.05, 3.63) is 73.3 Å². The van der Waals surface area contributed by atoms with Crippen LogP contribution >= 0.6 is 0 Å². The van der Waals surface area contributed by atoms with Crippen LogP contribution in [0.5, 0.6) is 0 Å². The molecule has 0 amide bonds. The zero-order valence-corrected chi connectivity index (χ0v) is 21.3. The van der Waals surface area contributed by atoms with Gasteiger partial charge in [-0.2, -0.15) is 0 Å². The van der Waals surface area contributed by atoms with E-state index in [0.717, 1.165) is 63.8 Å². The molecule has 0 radical (unpaired) electrons. The second kappa shape index (κ2) is 9.93. The van der Waals surface area contributed by atoms with Gasteiger partial charge in [0.05, 0.1) is 18.1 Å². The maximum Gasteiger partial charge on any atom is 0.145 e. The lowest BCUT2D eigenvalue weighted by molar-refractivity contribution is 0.573. The van der Waals surface area contributed by atoms with Crippen molar-refractivity contribution in [3.63, 3.8) is 0 Å². The van der Waals surface area contributed by atoms with E-state index in [2.05, 4.69) is 82.1 Å². The van der Waals surface area contributed by atoms with E-state index in [4.69, 9.17) is 4.98 Å². The number of fused-ring (bicyclic) bond motifs is 1. The first-order chi connectivity index (χ1) is 17.3. The van der Waals surface area contributed by atoms with Gasteiger partial charge in [0.25, 0.3) is 0 Å². The molecular weight excluding hydrogens is 446 g/mol. The van der Waals surface area contributed by atoms with Gasteiger partial charge in [0.15, 0.2) is 0 Å². The van der Waals surface area contributed by atoms with Gasteiger partial charge in [-0.1, -0.05) is 18.7 Å². The van der Waals surface area contributed by atoms with Gasteiger partial charge in [-0.3, -0.25) is 4.98 Å². The third-order valence-electron chi connectivity index (χ3n) is 6.21. The molecule has 3 aromatic heterocycles. The minimum Gasteiger partial charge on any atom is -0.364 e. The lowest BCUT2D eigenvalue weighted by Gasteiger charge is -2.28. The molecule has 1 saturated heterocycles. The Kier molecular flexibility index (Phi) is 6.55. The first-order valence-corrected chi connectivity index (χ1v) is 12.5. The van der Waals surface area contributed by atoms with E-state index < -0.39 is 0 Å². The monoisotopic (exact) mass is 479 g/mol. The van der Waals surface area contributed by atoms with Crippen molar-refractivity contribution in [1.82, 2.24) is 19.9 Å². The van der Waals surface area contributed by atoms with E-state index in [1.807, 2.05) is 24.5 Å². The molecular formula is C29H33N7. The van der Waals surface area contributed by atoms with Crippen LogP contribution < -0.4 is 15.5 Å². The predicted octanol–water partition coefficient (Wildman–Crippen LogP) is 6.37. The number of anilines is 3. The van der Waals surface area contributed by atoms with E-state index in [-0.39, 0.29) is 5.54 Å². The quantitative estimate of drug-likeness (QED) is 0.333. The fourth-order valence-electron chi connectivity index (χ4n) is 4.45. The van der Waals surface area contributed by atoms with Gasteiger partial charge in [0.2, 0.25) is 0 Å². The lowest BCUT2D eigenvalue weighted by atomic mass is 10.1. The molecule has 1 aromatic carbocycles. The molecule has 36 heavy (non-hydrogen) atoms. The summed E-state index contributed by atoms with van der Waals surface area (Å²) in [6.45, 7) is 12.7. The molecule has 5 rings (SSSR count). The van der Waals surface area contributed by atoms with Crippen LogP contribution in [0, 0.1) is 0 Å². The number of hydrogen-bond acceptors (Lipinski definition) is 7. The van der Waals surface area contributed by atoms with Crippen molar-refractivity contribution in [1.29, 1.82) is 0 Å². The Balaban J connectivity index is 1.36. The minimum absolute atomic E-state index is 0.0886. The van der Waals surface area contributed by atoms with E-state index in [1.54, 1.807) is 12.4 Å². The van der Waals surface area contributed by atoms with Crippen molar-refractivity contribution in [2.75, 3.05) is 28.6 Å². The Bertz CT molecular complexity index is 1380. The van der Waals surface area contributed by atoms with Crippen molar-refractivity contribution in [2.45, 2.75) is 45.6 Å². The molecule has 0 aliphatic carbocycles. The second-order valence-electron chi connectivity index (χ2n) is 10.4. The number of piperidine rings is 1. The summed E-state index contributed by atoms with van der Waals surface area (Å²) in [7, 11) is 0. The Labute approximate surface area is 212 Å². The second-order valence-corrected chi connectivity index (χ2v) is 10.4. The van der Waals surface area contributed by atoms with E-state index in [0.29, 0.717) is 0 Å². The standard InChI is InChI=1S/C29H33N7/c1-20(21-10-11-31-28(16-21)36-12-6-5-7-13-36)33-26-15-24-14-22(8-9-23(24)17-32-26)25-18-30-19-27(34-25)35-29(2,3)4/h8-11,14-19H,1,5-7,12-13H2,2-4H3,(H,32,33)(H,34,35). The third kappa shape index (κ3) is 5.62. The van der Waals surface area contributed by atoms with Gasteiger partial charge in [-0.05, 0) is 69.7 Å². The van der Waals surface area contributed by atoms with Crippen LogP contribution in [-0.2, 0) is 0 Å². The number of hydrogen-bond donors (Lipinski definition) is 2. The lowest BCUT2D eigenvalue weighted by Crippen LogP contribution is -2.30. The fraction of sp³-hybridized carbons (Fsp3) is 0.310. The number of nitrogens with zero attached hydrogens (tertiary/aromatic N) is 5. The number of aromatic nitrogens is 4. The number of rotatable bonds is 6. The summed E-state index contributed by atoms with van der Waals surface area (Å²) in [6.07, 6.45) is 11.0. The molecule has 1 aliphatic rings. The first kappa shape index (κ1) is 23.7. The normalized spacial score (nSPS) is 14.0. The Morgan fingerprint density at radius 1 is 0.889 bits per heavy atom. The van der Waals surface area contributed by atoms with Gasteiger partial charge in [-0.15, -0.1) is 0 Å². The van der Waals surface area contributed by atoms with Gasteiger partial charge >= 0.3 is 0 Å². The molecule has 1 fully saturated rings. The van der Waals surface area contributed by atoms with Crippen LogP contribution in [0.2, 0.25) is 0 Å². The zero-order valence-electron chi connectivity index (χ0n) is 21.3. The first-order valence-electron chi connectivity index (χ1n) is 12.5. The van der Waals surface area contributed by atoms with Crippen molar-refractivity contribution in [2.24, 2.45) is 0 Å². The summed E-state index contributed by atoms with van der Waals surface area (Å²) in [5.41, 5.74) is 3.55. The Hall–Kier alpha value is -4.00. The fourth-order valence-corrected chi connectivity index (χ4v) is 4.45. The van der Waals surface area contributed by atoms with E-state index in [1.165, 1.54) is 19.3 Å². The largest absolute Gasteiger partial charge is 0.364 e. The molecule has 1 aliphatic heterocycles. The molecule has 7 nitrogen and oxygen atoms in total. The summed E-state index contributed by atoms with van der Waals surface area (Å²) in [4.78, 5) is 20.7. The topological polar surface area (TPSA) is 78.9 Å². The molecule has 0 unspecified atom stereocenters. The highest BCUT2D eigenvalue weighted by atomic mass is 15.2. The number of benzene rings is 1. The number of pyridine rings is 2. The van der Waals surface area contributed by atoms with Crippen molar-refractivity contribution in [3.8, 4) is 11.3 Å². The maximum absolute atomic E-state index is 4.76. The molecule has 4 heterocycles. The van der Waals surface area contributed by atoms with Gasteiger partial charge in [0.1, 0.15) is 17.5 Å².